The van der Waals surface area contributed by atoms with Crippen LogP contribution >= 0.6 is 7.60 Å². The quantitative estimate of drug-likeness (QED) is 0.752. The molecule has 0 aliphatic heterocycles. The fourth-order valence-electron chi connectivity index (χ4n) is 2.10. The number of aromatic hydroxyl groups is 1. The highest BCUT2D eigenvalue weighted by Gasteiger charge is 2.22. The Morgan fingerprint density at radius 3 is 2.29 bits per heavy atom. The Hall–Kier alpha value is -1.88. The van der Waals surface area contributed by atoms with Gasteiger partial charge in [-0.05, 0) is 49.2 Å². The van der Waals surface area contributed by atoms with Gasteiger partial charge in [0.2, 0.25) is 0 Å². The highest BCUT2D eigenvalue weighted by Crippen LogP contribution is 2.41. The molecule has 0 saturated carbocycles. The van der Waals surface area contributed by atoms with Crippen molar-refractivity contribution in [3.05, 3.63) is 47.8 Å². The summed E-state index contributed by atoms with van der Waals surface area (Å²) in [6, 6.07) is 6.79. The smallest absolute Gasteiger partial charge is 0.345 e. The standard InChI is InChI=1S/C14H17N2O4P/c1-10-6-13(7-11(2)14(10)17)16(9-21(18,19)20)12-4-3-5-15-8-12/h3-8,17H,9H2,1-2H3,(H2,18,19,20). The van der Waals surface area contributed by atoms with Crippen LogP contribution in [-0.2, 0) is 4.57 Å². The highest BCUT2D eigenvalue weighted by molar-refractivity contribution is 7.51. The molecular formula is C14H17N2O4P. The van der Waals surface area contributed by atoms with E-state index in [9.17, 15) is 19.5 Å². The van der Waals surface area contributed by atoms with Gasteiger partial charge in [0.15, 0.2) is 0 Å². The molecule has 0 bridgehead atoms. The summed E-state index contributed by atoms with van der Waals surface area (Å²) in [5.74, 6) is 0.182. The van der Waals surface area contributed by atoms with Crippen molar-refractivity contribution in [2.24, 2.45) is 0 Å². The molecule has 0 atom stereocenters. The van der Waals surface area contributed by atoms with E-state index in [0.29, 0.717) is 22.5 Å². The Bertz CT molecular complexity index is 662. The lowest BCUT2D eigenvalue weighted by Crippen LogP contribution is -2.19. The van der Waals surface area contributed by atoms with Crippen molar-refractivity contribution in [2.75, 3.05) is 11.2 Å². The summed E-state index contributed by atoms with van der Waals surface area (Å²) in [6.45, 7) is 3.48. The van der Waals surface area contributed by atoms with Crippen LogP contribution in [0, 0.1) is 13.8 Å². The summed E-state index contributed by atoms with van der Waals surface area (Å²) in [7, 11) is -4.26. The molecule has 0 aliphatic carbocycles. The third-order valence-corrected chi connectivity index (χ3v) is 3.72. The predicted octanol–water partition coefficient (Wildman–Crippen LogP) is 2.68. The van der Waals surface area contributed by atoms with Crippen LogP contribution in [0.3, 0.4) is 0 Å². The zero-order valence-electron chi connectivity index (χ0n) is 11.8. The first-order valence-corrected chi connectivity index (χ1v) is 8.10. The van der Waals surface area contributed by atoms with Gasteiger partial charge in [-0.1, -0.05) is 0 Å². The van der Waals surface area contributed by atoms with E-state index >= 15 is 0 Å². The van der Waals surface area contributed by atoms with Crippen LogP contribution in [0.25, 0.3) is 0 Å². The number of phenols is 1. The molecule has 0 spiro atoms. The second kappa shape index (κ2) is 5.85. The van der Waals surface area contributed by atoms with Gasteiger partial charge in [-0.2, -0.15) is 0 Å². The summed E-state index contributed by atoms with van der Waals surface area (Å²) < 4.78 is 11.4. The van der Waals surface area contributed by atoms with Gasteiger partial charge in [0, 0.05) is 11.9 Å². The third-order valence-electron chi connectivity index (χ3n) is 3.07. The molecular weight excluding hydrogens is 291 g/mol. The SMILES string of the molecule is Cc1cc(N(CP(=O)(O)O)c2cccnc2)cc(C)c1O. The Kier molecular flexibility index (Phi) is 4.32. The molecule has 1 heterocycles. The number of hydrogen-bond acceptors (Lipinski definition) is 4. The van der Waals surface area contributed by atoms with Crippen molar-refractivity contribution in [2.45, 2.75) is 13.8 Å². The molecule has 0 fully saturated rings. The number of aryl methyl sites for hydroxylation is 2. The highest BCUT2D eigenvalue weighted by atomic mass is 31.2. The first-order chi connectivity index (χ1) is 9.78. The van der Waals surface area contributed by atoms with E-state index in [1.807, 2.05) is 0 Å². The minimum atomic E-state index is -4.26. The minimum absolute atomic E-state index is 0.182. The predicted molar refractivity (Wildman–Crippen MR) is 80.9 cm³/mol. The van der Waals surface area contributed by atoms with Crippen molar-refractivity contribution in [3.8, 4) is 5.75 Å². The zero-order chi connectivity index (χ0) is 15.6. The maximum atomic E-state index is 11.4. The molecule has 1 aromatic heterocycles. The number of hydrogen-bond donors (Lipinski definition) is 3. The Morgan fingerprint density at radius 2 is 1.81 bits per heavy atom. The molecule has 6 nitrogen and oxygen atoms in total. The number of nitrogens with zero attached hydrogens (tertiary/aromatic N) is 2. The number of anilines is 2. The second-order valence-electron chi connectivity index (χ2n) is 4.87. The van der Waals surface area contributed by atoms with Crippen LogP contribution < -0.4 is 4.90 Å². The molecule has 7 heteroatoms. The minimum Gasteiger partial charge on any atom is -0.507 e. The lowest BCUT2D eigenvalue weighted by Gasteiger charge is -2.26. The van der Waals surface area contributed by atoms with Crippen molar-refractivity contribution in [3.63, 3.8) is 0 Å². The van der Waals surface area contributed by atoms with Crippen LogP contribution in [-0.4, -0.2) is 26.2 Å². The maximum Gasteiger partial charge on any atom is 0.345 e. The molecule has 0 amide bonds. The Labute approximate surface area is 122 Å². The number of benzene rings is 1. The molecule has 0 radical (unpaired) electrons. The van der Waals surface area contributed by atoms with E-state index in [4.69, 9.17) is 0 Å². The van der Waals surface area contributed by atoms with Gasteiger partial charge in [0.05, 0.1) is 11.9 Å². The van der Waals surface area contributed by atoms with Crippen LogP contribution in [0.1, 0.15) is 11.1 Å². The van der Waals surface area contributed by atoms with Crippen LogP contribution in [0.5, 0.6) is 5.75 Å². The van der Waals surface area contributed by atoms with E-state index in [-0.39, 0.29) is 5.75 Å². The summed E-state index contributed by atoms with van der Waals surface area (Å²) in [4.78, 5) is 24.1. The molecule has 2 rings (SSSR count). The topological polar surface area (TPSA) is 93.9 Å². The third kappa shape index (κ3) is 3.82. The first kappa shape index (κ1) is 15.5. The van der Waals surface area contributed by atoms with Gasteiger partial charge in [0.25, 0.3) is 0 Å². The molecule has 21 heavy (non-hydrogen) atoms. The number of pyridine rings is 1. The van der Waals surface area contributed by atoms with Gasteiger partial charge >= 0.3 is 7.60 Å². The van der Waals surface area contributed by atoms with E-state index in [2.05, 4.69) is 4.98 Å². The van der Waals surface area contributed by atoms with Crippen molar-refractivity contribution in [1.29, 1.82) is 0 Å². The maximum absolute atomic E-state index is 11.4. The van der Waals surface area contributed by atoms with E-state index in [1.165, 1.54) is 11.1 Å². The lowest BCUT2D eigenvalue weighted by molar-refractivity contribution is 0.373. The Morgan fingerprint density at radius 1 is 1.19 bits per heavy atom. The largest absolute Gasteiger partial charge is 0.507 e. The average Bonchev–Trinajstić information content (AvgIpc) is 2.41. The fourth-order valence-corrected chi connectivity index (χ4v) is 2.79. The summed E-state index contributed by atoms with van der Waals surface area (Å²) >= 11 is 0. The number of phenolic OH excluding ortho intramolecular Hbond substituents is 1. The molecule has 1 aromatic carbocycles. The summed E-state index contributed by atoms with van der Waals surface area (Å²) in [5.41, 5.74) is 2.46. The van der Waals surface area contributed by atoms with E-state index in [1.54, 1.807) is 44.3 Å². The van der Waals surface area contributed by atoms with Crippen molar-refractivity contribution >= 4 is 19.0 Å². The first-order valence-electron chi connectivity index (χ1n) is 6.30. The van der Waals surface area contributed by atoms with Crippen molar-refractivity contribution < 1.29 is 19.5 Å². The molecule has 2 aromatic rings. The molecule has 112 valence electrons. The van der Waals surface area contributed by atoms with Crippen LogP contribution in [0.2, 0.25) is 0 Å². The lowest BCUT2D eigenvalue weighted by atomic mass is 10.1. The van der Waals surface area contributed by atoms with Gasteiger partial charge in [-0.3, -0.25) is 9.55 Å². The average molecular weight is 308 g/mol. The summed E-state index contributed by atoms with van der Waals surface area (Å²) in [5, 5.41) is 9.83. The second-order valence-corrected chi connectivity index (χ2v) is 6.49. The van der Waals surface area contributed by atoms with Crippen LogP contribution in [0.15, 0.2) is 36.7 Å². The Balaban J connectivity index is 2.52. The van der Waals surface area contributed by atoms with Gasteiger partial charge < -0.3 is 19.8 Å². The van der Waals surface area contributed by atoms with E-state index < -0.39 is 13.9 Å². The van der Waals surface area contributed by atoms with Crippen molar-refractivity contribution in [1.82, 2.24) is 4.98 Å². The molecule has 0 unspecified atom stereocenters. The normalized spacial score (nSPS) is 11.4. The fraction of sp³-hybridized carbons (Fsp3) is 0.214. The number of aromatic nitrogens is 1. The van der Waals surface area contributed by atoms with Gasteiger partial charge in [-0.15, -0.1) is 0 Å². The molecule has 0 saturated heterocycles. The van der Waals surface area contributed by atoms with Crippen LogP contribution in [0.4, 0.5) is 11.4 Å². The molecule has 0 aliphatic rings. The van der Waals surface area contributed by atoms with Gasteiger partial charge in [0.1, 0.15) is 12.0 Å². The number of rotatable bonds is 4. The summed E-state index contributed by atoms with van der Waals surface area (Å²) in [6.07, 6.45) is 2.67. The monoisotopic (exact) mass is 308 g/mol. The van der Waals surface area contributed by atoms with Gasteiger partial charge in [-0.25, -0.2) is 0 Å². The zero-order valence-corrected chi connectivity index (χ0v) is 12.7. The molecule has 3 N–H and O–H groups in total. The van der Waals surface area contributed by atoms with E-state index in [0.717, 1.165) is 0 Å².